The summed E-state index contributed by atoms with van der Waals surface area (Å²) >= 11 is 0. The molecule has 4 rings (SSSR count). The molecule has 1 aromatic carbocycles. The van der Waals surface area contributed by atoms with E-state index in [9.17, 15) is 0 Å². The third-order valence-electron chi connectivity index (χ3n) is 4.99. The number of hydrogen-bond donors (Lipinski definition) is 0. The summed E-state index contributed by atoms with van der Waals surface area (Å²) in [5.41, 5.74) is 4.11. The molecule has 2 heterocycles. The van der Waals surface area contributed by atoms with Crippen molar-refractivity contribution in [1.82, 2.24) is 9.61 Å². The van der Waals surface area contributed by atoms with Gasteiger partial charge in [-0.15, -0.1) is 0 Å². The van der Waals surface area contributed by atoms with Crippen LogP contribution in [-0.4, -0.2) is 16.7 Å². The zero-order valence-corrected chi connectivity index (χ0v) is 14.5. The van der Waals surface area contributed by atoms with Gasteiger partial charge >= 0.3 is 0 Å². The van der Waals surface area contributed by atoms with Crippen LogP contribution in [0.15, 0.2) is 48.8 Å². The van der Waals surface area contributed by atoms with E-state index in [4.69, 9.17) is 4.74 Å². The lowest BCUT2D eigenvalue weighted by Gasteiger charge is -2.08. The first-order chi connectivity index (χ1) is 12.3. The molecule has 0 unspecified atom stereocenters. The van der Waals surface area contributed by atoms with Crippen LogP contribution in [0, 0.1) is 17.8 Å². The van der Waals surface area contributed by atoms with Gasteiger partial charge in [0.15, 0.2) is 0 Å². The van der Waals surface area contributed by atoms with Crippen LogP contribution in [0.2, 0.25) is 0 Å². The number of benzene rings is 1. The summed E-state index contributed by atoms with van der Waals surface area (Å²) < 4.78 is 7.52. The molecule has 3 heteroatoms. The highest BCUT2D eigenvalue weighted by Gasteiger charge is 2.14. The summed E-state index contributed by atoms with van der Waals surface area (Å²) in [5, 5.41) is 4.50. The van der Waals surface area contributed by atoms with Crippen molar-refractivity contribution in [2.75, 3.05) is 7.11 Å². The minimum atomic E-state index is 0.779. The molecule has 0 N–H and O–H groups in total. The molecule has 0 spiro atoms. The van der Waals surface area contributed by atoms with Gasteiger partial charge in [0.25, 0.3) is 0 Å². The molecule has 1 saturated carbocycles. The monoisotopic (exact) mass is 330 g/mol. The number of hydrogen-bond acceptors (Lipinski definition) is 2. The van der Waals surface area contributed by atoms with Crippen molar-refractivity contribution >= 4 is 5.52 Å². The lowest BCUT2D eigenvalue weighted by atomic mass is 10.0. The second kappa shape index (κ2) is 7.03. The number of fused-ring (bicyclic) bond motifs is 1. The highest BCUT2D eigenvalue weighted by molar-refractivity contribution is 5.75. The SMILES string of the molecule is COc1cc(-c2ccccc2)cn2ncc(C#CCC3CCCC3)c12. The van der Waals surface area contributed by atoms with Gasteiger partial charge in [-0.1, -0.05) is 55.0 Å². The first-order valence-corrected chi connectivity index (χ1v) is 8.95. The summed E-state index contributed by atoms with van der Waals surface area (Å²) in [5.74, 6) is 8.26. The van der Waals surface area contributed by atoms with Gasteiger partial charge in [-0.3, -0.25) is 0 Å². The van der Waals surface area contributed by atoms with Crippen LogP contribution < -0.4 is 4.74 Å². The van der Waals surface area contributed by atoms with Crippen molar-refractivity contribution in [3.8, 4) is 28.7 Å². The van der Waals surface area contributed by atoms with E-state index >= 15 is 0 Å². The molecule has 0 radical (unpaired) electrons. The van der Waals surface area contributed by atoms with Gasteiger partial charge < -0.3 is 4.74 Å². The van der Waals surface area contributed by atoms with E-state index in [0.717, 1.165) is 40.3 Å². The molecule has 126 valence electrons. The Balaban J connectivity index is 1.69. The summed E-state index contributed by atoms with van der Waals surface area (Å²) in [6, 6.07) is 12.3. The van der Waals surface area contributed by atoms with E-state index in [-0.39, 0.29) is 0 Å². The lowest BCUT2D eigenvalue weighted by Crippen LogP contribution is -1.94. The van der Waals surface area contributed by atoms with Gasteiger partial charge in [0.1, 0.15) is 11.3 Å². The fourth-order valence-electron chi connectivity index (χ4n) is 3.62. The zero-order chi connectivity index (χ0) is 17.1. The number of pyridine rings is 1. The molecule has 0 bridgehead atoms. The van der Waals surface area contributed by atoms with Crippen LogP contribution in [0.1, 0.15) is 37.7 Å². The summed E-state index contributed by atoms with van der Waals surface area (Å²) in [6.07, 6.45) is 10.2. The summed E-state index contributed by atoms with van der Waals surface area (Å²) in [6.45, 7) is 0. The van der Waals surface area contributed by atoms with Crippen LogP contribution in [0.5, 0.6) is 5.75 Å². The second-order valence-corrected chi connectivity index (χ2v) is 6.67. The molecule has 25 heavy (non-hydrogen) atoms. The third kappa shape index (κ3) is 3.25. The number of rotatable bonds is 3. The van der Waals surface area contributed by atoms with Crippen molar-refractivity contribution in [3.63, 3.8) is 0 Å². The Hall–Kier alpha value is -2.73. The Morgan fingerprint density at radius 2 is 1.96 bits per heavy atom. The maximum Gasteiger partial charge on any atom is 0.146 e. The van der Waals surface area contributed by atoms with E-state index in [2.05, 4.69) is 35.1 Å². The number of methoxy groups -OCH3 is 1. The molecule has 0 amide bonds. The quantitative estimate of drug-likeness (QED) is 0.636. The Morgan fingerprint density at radius 3 is 2.72 bits per heavy atom. The lowest BCUT2D eigenvalue weighted by molar-refractivity contribution is 0.417. The van der Waals surface area contributed by atoms with E-state index < -0.39 is 0 Å². The van der Waals surface area contributed by atoms with Crippen molar-refractivity contribution < 1.29 is 4.74 Å². The van der Waals surface area contributed by atoms with Gasteiger partial charge in [0.2, 0.25) is 0 Å². The minimum Gasteiger partial charge on any atom is -0.494 e. The number of aromatic nitrogens is 2. The highest BCUT2D eigenvalue weighted by atomic mass is 16.5. The largest absolute Gasteiger partial charge is 0.494 e. The third-order valence-corrected chi connectivity index (χ3v) is 4.99. The maximum absolute atomic E-state index is 5.64. The van der Waals surface area contributed by atoms with Crippen LogP contribution in [0.4, 0.5) is 0 Å². The normalized spacial score (nSPS) is 14.4. The summed E-state index contributed by atoms with van der Waals surface area (Å²) in [7, 11) is 1.70. The van der Waals surface area contributed by atoms with Crippen LogP contribution in [0.3, 0.4) is 0 Å². The average molecular weight is 330 g/mol. The van der Waals surface area contributed by atoms with Gasteiger partial charge in [0.05, 0.1) is 18.9 Å². The Kier molecular flexibility index (Phi) is 4.43. The molecule has 3 aromatic rings. The molecular weight excluding hydrogens is 308 g/mol. The molecule has 2 aromatic heterocycles. The molecule has 0 saturated heterocycles. The minimum absolute atomic E-state index is 0.779. The van der Waals surface area contributed by atoms with Crippen molar-refractivity contribution in [1.29, 1.82) is 0 Å². The van der Waals surface area contributed by atoms with Gasteiger partial charge in [-0.25, -0.2) is 4.52 Å². The summed E-state index contributed by atoms with van der Waals surface area (Å²) in [4.78, 5) is 0. The van der Waals surface area contributed by atoms with Crippen molar-refractivity contribution in [2.24, 2.45) is 5.92 Å². The molecule has 3 nitrogen and oxygen atoms in total. The molecule has 1 fully saturated rings. The predicted octanol–water partition coefficient (Wildman–Crippen LogP) is 4.94. The van der Waals surface area contributed by atoms with Crippen LogP contribution in [-0.2, 0) is 0 Å². The standard InChI is InChI=1S/C22H22N2O/c1-25-21-14-20(18-11-3-2-4-12-18)16-24-22(21)19(15-23-24)13-7-10-17-8-5-6-9-17/h2-4,11-12,14-17H,5-6,8-10H2,1H3. The van der Waals surface area contributed by atoms with Gasteiger partial charge in [-0.05, 0) is 30.4 Å². The van der Waals surface area contributed by atoms with E-state index in [1.165, 1.54) is 25.7 Å². The topological polar surface area (TPSA) is 26.5 Å². The number of ether oxygens (including phenoxy) is 1. The Labute approximate surface area is 148 Å². The molecule has 1 aliphatic rings. The van der Waals surface area contributed by atoms with E-state index in [1.54, 1.807) is 7.11 Å². The molecule has 0 atom stereocenters. The van der Waals surface area contributed by atoms with Gasteiger partial charge in [-0.2, -0.15) is 5.10 Å². The molecule has 0 aliphatic heterocycles. The van der Waals surface area contributed by atoms with Crippen molar-refractivity contribution in [2.45, 2.75) is 32.1 Å². The zero-order valence-electron chi connectivity index (χ0n) is 14.5. The number of nitrogens with zero attached hydrogens (tertiary/aromatic N) is 2. The first-order valence-electron chi connectivity index (χ1n) is 8.95. The first kappa shape index (κ1) is 15.8. The van der Waals surface area contributed by atoms with Crippen LogP contribution in [0.25, 0.3) is 16.6 Å². The molecule has 1 aliphatic carbocycles. The average Bonchev–Trinajstić information content (AvgIpc) is 3.32. The smallest absolute Gasteiger partial charge is 0.146 e. The Bertz CT molecular complexity index is 925. The highest BCUT2D eigenvalue weighted by Crippen LogP contribution is 2.30. The Morgan fingerprint density at radius 1 is 1.16 bits per heavy atom. The maximum atomic E-state index is 5.64. The van der Waals surface area contributed by atoms with Gasteiger partial charge in [0, 0.05) is 18.2 Å². The predicted molar refractivity (Wildman–Crippen MR) is 101 cm³/mol. The fraction of sp³-hybridized carbons (Fsp3) is 0.318. The van der Waals surface area contributed by atoms with E-state index in [1.807, 2.05) is 35.1 Å². The van der Waals surface area contributed by atoms with E-state index in [0.29, 0.717) is 0 Å². The van der Waals surface area contributed by atoms with Crippen LogP contribution >= 0.6 is 0 Å². The second-order valence-electron chi connectivity index (χ2n) is 6.67. The fourth-order valence-corrected chi connectivity index (χ4v) is 3.62. The van der Waals surface area contributed by atoms with Crippen molar-refractivity contribution in [3.05, 3.63) is 54.4 Å². The molecular formula is C22H22N2O.